The molecule has 1 aliphatic rings. The molecule has 26 heavy (non-hydrogen) atoms. The predicted molar refractivity (Wildman–Crippen MR) is 111 cm³/mol. The molecule has 0 amide bonds. The van der Waals surface area contributed by atoms with Crippen LogP contribution in [0.15, 0.2) is 60.7 Å². The van der Waals surface area contributed by atoms with Gasteiger partial charge in [-0.1, -0.05) is 81.4 Å². The van der Waals surface area contributed by atoms with Gasteiger partial charge in [0.1, 0.15) is 0 Å². The maximum Gasteiger partial charge on any atom is 0.261 e. The molecule has 140 valence electrons. The second-order valence-electron chi connectivity index (χ2n) is 8.27. The Morgan fingerprint density at radius 1 is 1.00 bits per heavy atom. The summed E-state index contributed by atoms with van der Waals surface area (Å²) in [7, 11) is -2.47. The highest BCUT2D eigenvalue weighted by molar-refractivity contribution is 6.99. The number of benzene rings is 2. The van der Waals surface area contributed by atoms with E-state index in [-0.39, 0.29) is 17.7 Å². The molecule has 4 heteroatoms. The summed E-state index contributed by atoms with van der Waals surface area (Å²) >= 11 is 0. The largest absolute Gasteiger partial charge is 0.407 e. The topological polar surface area (TPSA) is 41.5 Å². The number of aliphatic hydroxyl groups excluding tert-OH is 1. The lowest BCUT2D eigenvalue weighted by Crippen LogP contribution is -2.67. The smallest absolute Gasteiger partial charge is 0.261 e. The van der Waals surface area contributed by atoms with Gasteiger partial charge in [-0.25, -0.2) is 0 Å². The van der Waals surface area contributed by atoms with Gasteiger partial charge in [-0.2, -0.15) is 0 Å². The van der Waals surface area contributed by atoms with Crippen LogP contribution in [0.1, 0.15) is 27.2 Å². The summed E-state index contributed by atoms with van der Waals surface area (Å²) < 4.78 is 6.97. The van der Waals surface area contributed by atoms with E-state index in [1.165, 1.54) is 10.4 Å². The molecule has 1 saturated heterocycles. The summed E-state index contributed by atoms with van der Waals surface area (Å²) in [6, 6.07) is 21.6. The number of aliphatic hydroxyl groups is 1. The highest BCUT2D eigenvalue weighted by Crippen LogP contribution is 2.37. The zero-order chi connectivity index (χ0) is 18.6. The first-order valence-electron chi connectivity index (χ1n) is 9.58. The van der Waals surface area contributed by atoms with Crippen molar-refractivity contribution in [1.82, 2.24) is 5.32 Å². The van der Waals surface area contributed by atoms with Crippen molar-refractivity contribution in [3.05, 3.63) is 60.7 Å². The average Bonchev–Trinajstić information content (AvgIpc) is 3.10. The molecule has 0 aromatic heterocycles. The Morgan fingerprint density at radius 2 is 1.54 bits per heavy atom. The molecule has 2 aromatic rings. The van der Waals surface area contributed by atoms with E-state index in [0.717, 1.165) is 13.0 Å². The highest BCUT2D eigenvalue weighted by Gasteiger charge is 2.50. The maximum atomic E-state index is 9.65. The van der Waals surface area contributed by atoms with Gasteiger partial charge in [0.05, 0.1) is 6.61 Å². The molecule has 3 nitrogen and oxygen atoms in total. The standard InChI is InChI=1S/C22H31NO2Si/c1-22(2,3)26(19-10-6-4-7-11-19,20-12-8-5-9-13-20)25-17-18-14-15-23-21(18)16-24/h4-13,18,21,23-24H,14-17H2,1-3H3/t18-,21-/m0/s1. The fraction of sp³-hybridized carbons (Fsp3) is 0.455. The predicted octanol–water partition coefficient (Wildman–Crippen LogP) is 2.53. The van der Waals surface area contributed by atoms with E-state index >= 15 is 0 Å². The third kappa shape index (κ3) is 3.65. The first-order valence-corrected chi connectivity index (χ1v) is 11.5. The van der Waals surface area contributed by atoms with Crippen molar-refractivity contribution in [2.75, 3.05) is 19.8 Å². The van der Waals surface area contributed by atoms with Crippen LogP contribution in [0, 0.1) is 5.92 Å². The summed E-state index contributed by atoms with van der Waals surface area (Å²) in [5.74, 6) is 0.363. The number of rotatable bonds is 6. The van der Waals surface area contributed by atoms with E-state index in [1.54, 1.807) is 0 Å². The third-order valence-corrected chi connectivity index (χ3v) is 10.6. The van der Waals surface area contributed by atoms with Gasteiger partial charge < -0.3 is 14.8 Å². The molecule has 0 unspecified atom stereocenters. The van der Waals surface area contributed by atoms with E-state index in [0.29, 0.717) is 12.5 Å². The first-order chi connectivity index (χ1) is 12.5. The van der Waals surface area contributed by atoms with Crippen LogP contribution >= 0.6 is 0 Å². The summed E-state index contributed by atoms with van der Waals surface area (Å²) in [5.41, 5.74) is 0. The molecule has 3 rings (SSSR count). The van der Waals surface area contributed by atoms with Gasteiger partial charge >= 0.3 is 0 Å². The minimum atomic E-state index is -2.47. The normalized spacial score (nSPS) is 21.1. The minimum absolute atomic E-state index is 0.00352. The quantitative estimate of drug-likeness (QED) is 0.769. The van der Waals surface area contributed by atoms with Crippen LogP contribution in [0.4, 0.5) is 0 Å². The molecule has 0 saturated carbocycles. The van der Waals surface area contributed by atoms with Gasteiger partial charge in [0.15, 0.2) is 0 Å². The molecule has 2 N–H and O–H groups in total. The monoisotopic (exact) mass is 369 g/mol. The Hall–Kier alpha value is -1.46. The maximum absolute atomic E-state index is 9.65. The van der Waals surface area contributed by atoms with Gasteiger partial charge in [0, 0.05) is 12.6 Å². The van der Waals surface area contributed by atoms with Crippen molar-refractivity contribution in [3.63, 3.8) is 0 Å². The van der Waals surface area contributed by atoms with Crippen LogP contribution in [0.5, 0.6) is 0 Å². The summed E-state index contributed by atoms with van der Waals surface area (Å²) in [6.07, 6.45) is 1.06. The Morgan fingerprint density at radius 3 is 2.00 bits per heavy atom. The second kappa shape index (κ2) is 8.05. The Bertz CT molecular complexity index is 645. The summed E-state index contributed by atoms with van der Waals surface area (Å²) in [4.78, 5) is 0. The molecular weight excluding hydrogens is 338 g/mol. The van der Waals surface area contributed by atoms with Gasteiger partial charge in [0.25, 0.3) is 8.32 Å². The van der Waals surface area contributed by atoms with E-state index in [4.69, 9.17) is 4.43 Å². The van der Waals surface area contributed by atoms with Crippen LogP contribution in [-0.4, -0.2) is 39.2 Å². The van der Waals surface area contributed by atoms with Crippen molar-refractivity contribution in [2.45, 2.75) is 38.3 Å². The van der Waals surface area contributed by atoms with E-state index < -0.39 is 8.32 Å². The molecule has 2 aromatic carbocycles. The Labute approximate surface area is 158 Å². The van der Waals surface area contributed by atoms with Crippen LogP contribution in [0.25, 0.3) is 0 Å². The van der Waals surface area contributed by atoms with Gasteiger partial charge in [-0.05, 0) is 34.3 Å². The molecule has 1 heterocycles. The number of hydrogen-bond acceptors (Lipinski definition) is 3. The highest BCUT2D eigenvalue weighted by atomic mass is 28.4. The molecule has 0 spiro atoms. The van der Waals surface area contributed by atoms with Crippen molar-refractivity contribution < 1.29 is 9.53 Å². The third-order valence-electron chi connectivity index (χ3n) is 5.62. The van der Waals surface area contributed by atoms with E-state index in [2.05, 4.69) is 86.8 Å². The lowest BCUT2D eigenvalue weighted by molar-refractivity contribution is 0.175. The second-order valence-corrected chi connectivity index (χ2v) is 12.6. The van der Waals surface area contributed by atoms with Crippen molar-refractivity contribution in [1.29, 1.82) is 0 Å². The zero-order valence-electron chi connectivity index (χ0n) is 16.1. The Kier molecular flexibility index (Phi) is 5.98. The van der Waals surface area contributed by atoms with Crippen molar-refractivity contribution in [3.8, 4) is 0 Å². The first kappa shape index (κ1) is 19.3. The molecule has 2 atom stereocenters. The van der Waals surface area contributed by atoms with Crippen LogP contribution in [0.2, 0.25) is 5.04 Å². The molecule has 0 radical (unpaired) electrons. The zero-order valence-corrected chi connectivity index (χ0v) is 17.1. The fourth-order valence-corrected chi connectivity index (χ4v) is 8.85. The lowest BCUT2D eigenvalue weighted by atomic mass is 10.0. The Balaban J connectivity index is 2.03. The molecule has 0 bridgehead atoms. The minimum Gasteiger partial charge on any atom is -0.407 e. The van der Waals surface area contributed by atoms with E-state index in [9.17, 15) is 5.11 Å². The molecular formula is C22H31NO2Si. The molecule has 1 fully saturated rings. The van der Waals surface area contributed by atoms with Gasteiger partial charge in [0.2, 0.25) is 0 Å². The van der Waals surface area contributed by atoms with Crippen molar-refractivity contribution >= 4 is 18.7 Å². The lowest BCUT2D eigenvalue weighted by Gasteiger charge is -2.43. The van der Waals surface area contributed by atoms with Gasteiger partial charge in [-0.15, -0.1) is 0 Å². The average molecular weight is 370 g/mol. The van der Waals surface area contributed by atoms with E-state index in [1.807, 2.05) is 0 Å². The van der Waals surface area contributed by atoms with Crippen LogP contribution < -0.4 is 15.7 Å². The molecule has 0 aliphatic carbocycles. The van der Waals surface area contributed by atoms with Gasteiger partial charge in [-0.3, -0.25) is 0 Å². The fourth-order valence-electron chi connectivity index (χ4n) is 4.23. The summed E-state index contributed by atoms with van der Waals surface area (Å²) in [5, 5.41) is 15.7. The van der Waals surface area contributed by atoms with Crippen molar-refractivity contribution in [2.24, 2.45) is 5.92 Å². The SMILES string of the molecule is CC(C)(C)[Si](OC[C@@H]1CCN[C@H]1CO)(c1ccccc1)c1ccccc1. The summed E-state index contributed by atoms with van der Waals surface area (Å²) in [6.45, 7) is 8.72. The molecule has 1 aliphatic heterocycles. The number of hydrogen-bond donors (Lipinski definition) is 2. The van der Waals surface area contributed by atoms with Crippen LogP contribution in [0.3, 0.4) is 0 Å². The number of nitrogens with one attached hydrogen (secondary N) is 1. The van der Waals surface area contributed by atoms with Crippen LogP contribution in [-0.2, 0) is 4.43 Å².